The number of hydrogen-bond donors (Lipinski definition) is 1. The first-order valence-corrected chi connectivity index (χ1v) is 3.64. The molecule has 0 aromatic carbocycles. The average Bonchev–Trinajstić information content (AvgIpc) is 2.50. The zero-order valence-electron chi connectivity index (χ0n) is 6.38. The summed E-state index contributed by atoms with van der Waals surface area (Å²) in [5.41, 5.74) is 1.75. The summed E-state index contributed by atoms with van der Waals surface area (Å²) in [6, 6.07) is 5.76. The van der Waals surface area contributed by atoms with E-state index < -0.39 is 0 Å². The van der Waals surface area contributed by atoms with Gasteiger partial charge in [-0.2, -0.15) is 0 Å². The van der Waals surface area contributed by atoms with Crippen molar-refractivity contribution < 1.29 is 5.11 Å². The summed E-state index contributed by atoms with van der Waals surface area (Å²) in [6.45, 7) is 0. The van der Waals surface area contributed by atoms with Crippen LogP contribution in [0.5, 0.6) is 0 Å². The molecule has 3 nitrogen and oxygen atoms in total. The third kappa shape index (κ3) is 0.955. The third-order valence-electron chi connectivity index (χ3n) is 1.69. The van der Waals surface area contributed by atoms with Crippen LogP contribution in [0.1, 0.15) is 5.69 Å². The van der Waals surface area contributed by atoms with Crippen molar-refractivity contribution in [2.45, 2.75) is 0 Å². The lowest BCUT2D eigenvalue weighted by molar-refractivity contribution is 0.478. The minimum atomic E-state index is 0.869. The molecule has 1 N–H and O–H groups in total. The molecule has 0 saturated heterocycles. The number of rotatable bonds is 1. The second-order valence-electron chi connectivity index (χ2n) is 2.43. The number of imidazole rings is 1. The summed E-state index contributed by atoms with van der Waals surface area (Å²) in [6.07, 6.45) is 6.22. The van der Waals surface area contributed by atoms with E-state index in [1.54, 1.807) is 12.3 Å². The number of hydrogen-bond acceptors (Lipinski definition) is 2. The number of aliphatic hydroxyl groups excluding tert-OH is 1. The van der Waals surface area contributed by atoms with Gasteiger partial charge in [0.15, 0.2) is 0 Å². The Labute approximate surface area is 69.6 Å². The Morgan fingerprint density at radius 1 is 1.42 bits per heavy atom. The fourth-order valence-electron chi connectivity index (χ4n) is 1.15. The number of aromatic nitrogens is 2. The molecular formula is C9H8N2O. The molecule has 2 aromatic rings. The molecule has 2 aromatic heterocycles. The summed E-state index contributed by atoms with van der Waals surface area (Å²) < 4.78 is 1.90. The van der Waals surface area contributed by atoms with Gasteiger partial charge in [0.2, 0.25) is 0 Å². The highest BCUT2D eigenvalue weighted by Gasteiger charge is 1.96. The van der Waals surface area contributed by atoms with Gasteiger partial charge in [0.25, 0.3) is 0 Å². The Morgan fingerprint density at radius 2 is 2.33 bits per heavy atom. The van der Waals surface area contributed by atoms with Crippen LogP contribution in [0.15, 0.2) is 36.9 Å². The Hall–Kier alpha value is -1.77. The monoisotopic (exact) mass is 160 g/mol. The van der Waals surface area contributed by atoms with E-state index >= 15 is 0 Å². The smallest absolute Gasteiger partial charge is 0.137 e. The second-order valence-corrected chi connectivity index (χ2v) is 2.43. The molecule has 0 aliphatic carbocycles. The largest absolute Gasteiger partial charge is 0.516 e. The molecular weight excluding hydrogens is 152 g/mol. The first-order chi connectivity index (χ1) is 5.92. The van der Waals surface area contributed by atoms with E-state index in [0.717, 1.165) is 17.6 Å². The van der Waals surface area contributed by atoms with E-state index in [9.17, 15) is 0 Å². The van der Waals surface area contributed by atoms with Crippen LogP contribution in [0.4, 0.5) is 0 Å². The molecule has 0 spiro atoms. The molecule has 0 fully saturated rings. The van der Waals surface area contributed by atoms with Crippen molar-refractivity contribution in [3.63, 3.8) is 0 Å². The zero-order valence-corrected chi connectivity index (χ0v) is 6.38. The zero-order chi connectivity index (χ0) is 8.39. The SMILES string of the molecule is OC=Cc1cnc2ccccn12. The van der Waals surface area contributed by atoms with E-state index in [4.69, 9.17) is 5.11 Å². The van der Waals surface area contributed by atoms with Crippen molar-refractivity contribution in [2.75, 3.05) is 0 Å². The van der Waals surface area contributed by atoms with Crippen LogP contribution in [-0.2, 0) is 0 Å². The first-order valence-electron chi connectivity index (χ1n) is 3.64. The van der Waals surface area contributed by atoms with Crippen molar-refractivity contribution in [3.8, 4) is 0 Å². The lowest BCUT2D eigenvalue weighted by atomic mass is 10.4. The first kappa shape index (κ1) is 6.91. The van der Waals surface area contributed by atoms with Gasteiger partial charge in [-0.25, -0.2) is 4.98 Å². The van der Waals surface area contributed by atoms with Crippen molar-refractivity contribution in [3.05, 3.63) is 42.5 Å². The quantitative estimate of drug-likeness (QED) is 0.646. The standard InChI is InChI=1S/C9H8N2O/c12-6-4-8-7-10-9-3-1-2-5-11(8)9/h1-7,12H. The van der Waals surface area contributed by atoms with Gasteiger partial charge in [0, 0.05) is 6.20 Å². The Kier molecular flexibility index (Phi) is 1.55. The highest BCUT2D eigenvalue weighted by atomic mass is 16.2. The second kappa shape index (κ2) is 2.70. The maximum atomic E-state index is 8.58. The van der Waals surface area contributed by atoms with Crippen LogP contribution in [0, 0.1) is 0 Å². The molecule has 0 bridgehead atoms. The molecule has 0 unspecified atom stereocenters. The van der Waals surface area contributed by atoms with Crippen LogP contribution in [0.3, 0.4) is 0 Å². The molecule has 2 rings (SSSR count). The van der Waals surface area contributed by atoms with E-state index in [2.05, 4.69) is 4.98 Å². The number of fused-ring (bicyclic) bond motifs is 1. The normalized spacial score (nSPS) is 11.3. The van der Waals surface area contributed by atoms with Gasteiger partial charge in [0.05, 0.1) is 18.2 Å². The number of nitrogens with zero attached hydrogens (tertiary/aromatic N) is 2. The third-order valence-corrected chi connectivity index (χ3v) is 1.69. The van der Waals surface area contributed by atoms with Gasteiger partial charge < -0.3 is 9.51 Å². The Morgan fingerprint density at radius 3 is 3.17 bits per heavy atom. The molecule has 0 aliphatic rings. The van der Waals surface area contributed by atoms with Crippen LogP contribution in [0.25, 0.3) is 11.7 Å². The van der Waals surface area contributed by atoms with Crippen LogP contribution in [-0.4, -0.2) is 14.5 Å². The predicted molar refractivity (Wildman–Crippen MR) is 46.9 cm³/mol. The summed E-state index contributed by atoms with van der Waals surface area (Å²) in [7, 11) is 0. The van der Waals surface area contributed by atoms with E-state index in [1.165, 1.54) is 0 Å². The summed E-state index contributed by atoms with van der Waals surface area (Å²) in [5, 5.41) is 8.58. The molecule has 12 heavy (non-hydrogen) atoms. The maximum Gasteiger partial charge on any atom is 0.137 e. The molecule has 60 valence electrons. The number of aliphatic hydroxyl groups is 1. The maximum absolute atomic E-state index is 8.58. The summed E-state index contributed by atoms with van der Waals surface area (Å²) >= 11 is 0. The fraction of sp³-hybridized carbons (Fsp3) is 0. The molecule has 3 heteroatoms. The minimum Gasteiger partial charge on any atom is -0.516 e. The Balaban J connectivity index is 2.70. The van der Waals surface area contributed by atoms with Gasteiger partial charge in [-0.05, 0) is 18.2 Å². The lowest BCUT2D eigenvalue weighted by Crippen LogP contribution is -1.84. The molecule has 0 radical (unpaired) electrons. The van der Waals surface area contributed by atoms with Crippen LogP contribution in [0.2, 0.25) is 0 Å². The predicted octanol–water partition coefficient (Wildman–Crippen LogP) is 1.86. The fourth-order valence-corrected chi connectivity index (χ4v) is 1.15. The number of pyridine rings is 1. The van der Waals surface area contributed by atoms with Crippen LogP contribution >= 0.6 is 0 Å². The molecule has 2 heterocycles. The van der Waals surface area contributed by atoms with Gasteiger partial charge >= 0.3 is 0 Å². The van der Waals surface area contributed by atoms with Crippen molar-refractivity contribution in [1.29, 1.82) is 0 Å². The van der Waals surface area contributed by atoms with Crippen molar-refractivity contribution >= 4 is 11.7 Å². The Bertz CT molecular complexity index is 417. The summed E-state index contributed by atoms with van der Waals surface area (Å²) in [4.78, 5) is 4.14. The molecule has 0 saturated carbocycles. The van der Waals surface area contributed by atoms with E-state index in [1.807, 2.05) is 28.8 Å². The van der Waals surface area contributed by atoms with Crippen molar-refractivity contribution in [1.82, 2.24) is 9.38 Å². The van der Waals surface area contributed by atoms with Crippen molar-refractivity contribution in [2.24, 2.45) is 0 Å². The highest BCUT2D eigenvalue weighted by molar-refractivity contribution is 5.51. The topological polar surface area (TPSA) is 37.5 Å². The minimum absolute atomic E-state index is 0.869. The molecule has 0 aliphatic heterocycles. The molecule has 0 amide bonds. The van der Waals surface area contributed by atoms with Gasteiger partial charge in [-0.3, -0.25) is 0 Å². The average molecular weight is 160 g/mol. The van der Waals surface area contributed by atoms with Gasteiger partial charge in [-0.1, -0.05) is 6.07 Å². The molecule has 0 atom stereocenters. The van der Waals surface area contributed by atoms with Gasteiger partial charge in [0.1, 0.15) is 5.65 Å². The van der Waals surface area contributed by atoms with Crippen LogP contribution < -0.4 is 0 Å². The lowest BCUT2D eigenvalue weighted by Gasteiger charge is -1.93. The highest BCUT2D eigenvalue weighted by Crippen LogP contribution is 2.06. The summed E-state index contributed by atoms with van der Waals surface area (Å²) in [5.74, 6) is 0. The van der Waals surface area contributed by atoms with E-state index in [0.29, 0.717) is 0 Å². The van der Waals surface area contributed by atoms with E-state index in [-0.39, 0.29) is 0 Å². The van der Waals surface area contributed by atoms with Gasteiger partial charge in [-0.15, -0.1) is 0 Å².